The van der Waals surface area contributed by atoms with Gasteiger partial charge in [-0.05, 0) is 75.3 Å². The second-order valence-electron chi connectivity index (χ2n) is 7.64. The predicted molar refractivity (Wildman–Crippen MR) is 91.4 cm³/mol. The average molecular weight is 352 g/mol. The number of nitrogens with one attached hydrogen (secondary N) is 1. The Bertz CT molecular complexity index is 571. The fourth-order valence-electron chi connectivity index (χ4n) is 5.23. The van der Waals surface area contributed by atoms with Gasteiger partial charge < -0.3 is 5.32 Å². The Hall–Kier alpha value is -0.810. The number of thioether (sulfide) groups is 1. The molecule has 0 saturated heterocycles. The van der Waals surface area contributed by atoms with Crippen molar-refractivity contribution < 1.29 is 4.79 Å². The molecule has 124 valence electrons. The van der Waals surface area contributed by atoms with E-state index in [0.29, 0.717) is 5.15 Å². The molecule has 4 saturated carbocycles. The molecule has 0 aromatic carbocycles. The average Bonchev–Trinajstić information content (AvgIpc) is 2.47. The summed E-state index contributed by atoms with van der Waals surface area (Å²) in [5.74, 6) is 2.65. The van der Waals surface area contributed by atoms with Crippen molar-refractivity contribution in [1.29, 1.82) is 0 Å². The highest BCUT2D eigenvalue weighted by Crippen LogP contribution is 2.55. The van der Waals surface area contributed by atoms with Gasteiger partial charge in [0.1, 0.15) is 5.03 Å². The Morgan fingerprint density at radius 1 is 1.22 bits per heavy atom. The summed E-state index contributed by atoms with van der Waals surface area (Å²) < 4.78 is 0. The number of halogens is 1. The third kappa shape index (κ3) is 3.22. The van der Waals surface area contributed by atoms with Crippen molar-refractivity contribution in [2.24, 2.45) is 17.8 Å². The molecular formula is C17H22ClN3OS. The van der Waals surface area contributed by atoms with Crippen LogP contribution < -0.4 is 5.32 Å². The molecule has 0 unspecified atom stereocenters. The van der Waals surface area contributed by atoms with Gasteiger partial charge in [0.05, 0.1) is 5.25 Å². The lowest BCUT2D eigenvalue weighted by Crippen LogP contribution is -2.60. The minimum Gasteiger partial charge on any atom is -0.350 e. The lowest BCUT2D eigenvalue weighted by atomic mass is 9.53. The van der Waals surface area contributed by atoms with Crippen molar-refractivity contribution in [3.05, 3.63) is 17.3 Å². The smallest absolute Gasteiger partial charge is 0.233 e. The van der Waals surface area contributed by atoms with E-state index >= 15 is 0 Å². The van der Waals surface area contributed by atoms with Crippen LogP contribution in [0.5, 0.6) is 0 Å². The van der Waals surface area contributed by atoms with Gasteiger partial charge in [-0.3, -0.25) is 4.79 Å². The third-order valence-corrected chi connectivity index (χ3v) is 6.93. The second-order valence-corrected chi connectivity index (χ2v) is 9.39. The molecule has 4 bridgehead atoms. The molecule has 1 aromatic rings. The van der Waals surface area contributed by atoms with E-state index in [1.165, 1.54) is 50.3 Å². The molecule has 6 heteroatoms. The minimum atomic E-state index is -0.168. The molecule has 5 rings (SSSR count). The fraction of sp³-hybridized carbons (Fsp3) is 0.706. The van der Waals surface area contributed by atoms with Gasteiger partial charge in [0.25, 0.3) is 0 Å². The monoisotopic (exact) mass is 351 g/mol. The van der Waals surface area contributed by atoms with Crippen LogP contribution in [0.3, 0.4) is 0 Å². The molecule has 23 heavy (non-hydrogen) atoms. The topological polar surface area (TPSA) is 54.9 Å². The summed E-state index contributed by atoms with van der Waals surface area (Å²) in [6.45, 7) is 1.94. The van der Waals surface area contributed by atoms with Crippen molar-refractivity contribution in [3.63, 3.8) is 0 Å². The number of hydrogen-bond donors (Lipinski definition) is 1. The van der Waals surface area contributed by atoms with E-state index in [1.807, 2.05) is 13.0 Å². The third-order valence-electron chi connectivity index (χ3n) is 5.70. The second kappa shape index (κ2) is 5.92. The van der Waals surface area contributed by atoms with Gasteiger partial charge >= 0.3 is 0 Å². The standard InChI is InChI=1S/C17H22ClN3OS/c1-10(23-15-3-2-14(18)20-21-15)16(22)19-17-7-11-4-12(8-17)6-13(5-11)9-17/h2-3,10-13H,4-9H2,1H3,(H,19,22)/t10-,11?,12?,13?,17?/m0/s1. The molecule has 4 aliphatic rings. The van der Waals surface area contributed by atoms with Gasteiger partial charge in [-0.25, -0.2) is 0 Å². The summed E-state index contributed by atoms with van der Waals surface area (Å²) in [5, 5.41) is 12.2. The highest BCUT2D eigenvalue weighted by molar-refractivity contribution is 8.00. The summed E-state index contributed by atoms with van der Waals surface area (Å²) in [4.78, 5) is 12.7. The van der Waals surface area contributed by atoms with E-state index < -0.39 is 0 Å². The molecule has 1 N–H and O–H groups in total. The molecule has 1 heterocycles. The van der Waals surface area contributed by atoms with Crippen molar-refractivity contribution in [2.75, 3.05) is 0 Å². The van der Waals surface area contributed by atoms with E-state index in [4.69, 9.17) is 11.6 Å². The predicted octanol–water partition coefficient (Wildman–Crippen LogP) is 3.70. The number of amides is 1. The summed E-state index contributed by atoms with van der Waals surface area (Å²) in [7, 11) is 0. The van der Waals surface area contributed by atoms with Gasteiger partial charge in [0, 0.05) is 5.54 Å². The molecule has 0 radical (unpaired) electrons. The first-order valence-electron chi connectivity index (χ1n) is 8.49. The normalized spacial score (nSPS) is 36.0. The Morgan fingerprint density at radius 3 is 2.35 bits per heavy atom. The summed E-state index contributed by atoms with van der Waals surface area (Å²) in [6, 6.07) is 3.52. The lowest BCUT2D eigenvalue weighted by Gasteiger charge is -2.57. The zero-order valence-corrected chi connectivity index (χ0v) is 14.9. The number of carbonyl (C=O) groups is 1. The zero-order valence-electron chi connectivity index (χ0n) is 13.3. The van der Waals surface area contributed by atoms with E-state index in [0.717, 1.165) is 22.8 Å². The zero-order chi connectivity index (χ0) is 16.0. The number of aromatic nitrogens is 2. The molecule has 4 fully saturated rings. The van der Waals surface area contributed by atoms with Crippen LogP contribution in [0.25, 0.3) is 0 Å². The Balaban J connectivity index is 1.40. The first kappa shape index (κ1) is 15.7. The number of carbonyl (C=O) groups excluding carboxylic acids is 1. The highest BCUT2D eigenvalue weighted by atomic mass is 35.5. The van der Waals surface area contributed by atoms with Gasteiger partial charge in [-0.1, -0.05) is 23.4 Å². The van der Waals surface area contributed by atoms with Crippen LogP contribution in [0.4, 0.5) is 0 Å². The molecule has 4 nitrogen and oxygen atoms in total. The van der Waals surface area contributed by atoms with E-state index in [1.54, 1.807) is 6.07 Å². The molecule has 4 aliphatic carbocycles. The first-order valence-corrected chi connectivity index (χ1v) is 9.75. The van der Waals surface area contributed by atoms with Crippen molar-refractivity contribution >= 4 is 29.3 Å². The Labute approximate surface area is 146 Å². The largest absolute Gasteiger partial charge is 0.350 e. The van der Waals surface area contributed by atoms with E-state index in [2.05, 4.69) is 15.5 Å². The maximum Gasteiger partial charge on any atom is 0.233 e. The van der Waals surface area contributed by atoms with Crippen LogP contribution in [0, 0.1) is 17.8 Å². The first-order chi connectivity index (χ1) is 11.0. The molecule has 1 amide bonds. The van der Waals surface area contributed by atoms with Gasteiger partial charge in [0.15, 0.2) is 5.15 Å². The SMILES string of the molecule is C[C@H](Sc1ccc(Cl)nn1)C(=O)NC12CC3CC(CC(C3)C1)C2. The molecule has 0 aliphatic heterocycles. The number of nitrogens with zero attached hydrogens (tertiary/aromatic N) is 2. The molecule has 0 spiro atoms. The van der Waals surface area contributed by atoms with Gasteiger partial charge in [0.2, 0.25) is 5.91 Å². The Morgan fingerprint density at radius 2 is 1.83 bits per heavy atom. The van der Waals surface area contributed by atoms with Crippen molar-refractivity contribution in [2.45, 2.75) is 61.3 Å². The minimum absolute atomic E-state index is 0.0757. The lowest BCUT2D eigenvalue weighted by molar-refractivity contribution is -0.126. The van der Waals surface area contributed by atoms with Crippen molar-refractivity contribution in [3.8, 4) is 0 Å². The van der Waals surface area contributed by atoms with Crippen LogP contribution in [-0.4, -0.2) is 26.9 Å². The maximum absolute atomic E-state index is 12.7. The maximum atomic E-state index is 12.7. The molecule has 1 atom stereocenters. The molecule has 1 aromatic heterocycles. The quantitative estimate of drug-likeness (QED) is 0.840. The fourth-order valence-corrected chi connectivity index (χ4v) is 6.09. The Kier molecular flexibility index (Phi) is 4.04. The summed E-state index contributed by atoms with van der Waals surface area (Å²) in [6.07, 6.45) is 7.72. The van der Waals surface area contributed by atoms with Crippen LogP contribution >= 0.6 is 23.4 Å². The van der Waals surface area contributed by atoms with Gasteiger partial charge in [-0.15, -0.1) is 10.2 Å². The number of rotatable bonds is 4. The van der Waals surface area contributed by atoms with Crippen molar-refractivity contribution in [1.82, 2.24) is 15.5 Å². The van der Waals surface area contributed by atoms with Gasteiger partial charge in [-0.2, -0.15) is 0 Å². The molecular weight excluding hydrogens is 330 g/mol. The van der Waals surface area contributed by atoms with Crippen LogP contribution in [0.2, 0.25) is 5.15 Å². The highest BCUT2D eigenvalue weighted by Gasteiger charge is 2.51. The van der Waals surface area contributed by atoms with Crippen LogP contribution in [0.15, 0.2) is 17.2 Å². The summed E-state index contributed by atoms with van der Waals surface area (Å²) >= 11 is 7.20. The van der Waals surface area contributed by atoms with Crippen LogP contribution in [0.1, 0.15) is 45.4 Å². The van der Waals surface area contributed by atoms with Crippen LogP contribution in [-0.2, 0) is 4.79 Å². The van der Waals surface area contributed by atoms with E-state index in [9.17, 15) is 4.79 Å². The summed E-state index contributed by atoms with van der Waals surface area (Å²) in [5.41, 5.74) is 0.0757. The van der Waals surface area contributed by atoms with E-state index in [-0.39, 0.29) is 16.7 Å². The number of hydrogen-bond acceptors (Lipinski definition) is 4.